The zero-order chi connectivity index (χ0) is 11.2. The SMILES string of the molecule is COc1ccc(/C=C\c2ccccc2)cc1. The number of hydrogen-bond acceptors (Lipinski definition) is 1. The van der Waals surface area contributed by atoms with Crippen LogP contribution in [-0.2, 0) is 0 Å². The molecular weight excluding hydrogens is 196 g/mol. The van der Waals surface area contributed by atoms with E-state index in [0.717, 1.165) is 5.75 Å². The Hall–Kier alpha value is -2.02. The highest BCUT2D eigenvalue weighted by Crippen LogP contribution is 2.13. The van der Waals surface area contributed by atoms with Crippen LogP contribution in [0.25, 0.3) is 12.2 Å². The third-order valence-corrected chi connectivity index (χ3v) is 2.38. The zero-order valence-corrected chi connectivity index (χ0v) is 9.26. The van der Waals surface area contributed by atoms with Crippen LogP contribution in [0.2, 0.25) is 0 Å². The van der Waals surface area contributed by atoms with Crippen molar-refractivity contribution in [2.75, 3.05) is 7.11 Å². The van der Waals surface area contributed by atoms with Gasteiger partial charge in [-0.15, -0.1) is 0 Å². The normalized spacial score (nSPS) is 10.6. The molecule has 80 valence electrons. The van der Waals surface area contributed by atoms with Gasteiger partial charge in [0.15, 0.2) is 0 Å². The highest BCUT2D eigenvalue weighted by atomic mass is 16.5. The Morgan fingerprint density at radius 2 is 1.31 bits per heavy atom. The van der Waals surface area contributed by atoms with Gasteiger partial charge in [0.1, 0.15) is 5.75 Å². The number of hydrogen-bond donors (Lipinski definition) is 0. The van der Waals surface area contributed by atoms with Crippen LogP contribution in [0, 0.1) is 0 Å². The summed E-state index contributed by atoms with van der Waals surface area (Å²) in [7, 11) is 1.68. The predicted octanol–water partition coefficient (Wildman–Crippen LogP) is 3.87. The van der Waals surface area contributed by atoms with Gasteiger partial charge >= 0.3 is 0 Å². The van der Waals surface area contributed by atoms with Crippen LogP contribution < -0.4 is 4.74 Å². The maximum Gasteiger partial charge on any atom is 0.118 e. The van der Waals surface area contributed by atoms with Gasteiger partial charge in [-0.1, -0.05) is 54.6 Å². The van der Waals surface area contributed by atoms with Crippen molar-refractivity contribution in [3.05, 3.63) is 65.7 Å². The molecule has 0 bridgehead atoms. The van der Waals surface area contributed by atoms with Crippen LogP contribution in [-0.4, -0.2) is 7.11 Å². The van der Waals surface area contributed by atoms with Gasteiger partial charge in [-0.3, -0.25) is 0 Å². The summed E-state index contributed by atoms with van der Waals surface area (Å²) in [6.45, 7) is 0. The van der Waals surface area contributed by atoms with E-state index in [1.165, 1.54) is 11.1 Å². The minimum absolute atomic E-state index is 0.886. The van der Waals surface area contributed by atoms with Gasteiger partial charge in [0.2, 0.25) is 0 Å². The molecular formula is C15H14O. The first kappa shape index (κ1) is 10.5. The first-order valence-corrected chi connectivity index (χ1v) is 5.26. The highest BCUT2D eigenvalue weighted by molar-refractivity contribution is 5.69. The van der Waals surface area contributed by atoms with Crippen molar-refractivity contribution >= 4 is 12.2 Å². The second-order valence-electron chi connectivity index (χ2n) is 3.52. The lowest BCUT2D eigenvalue weighted by molar-refractivity contribution is 0.415. The number of ether oxygens (including phenoxy) is 1. The van der Waals surface area contributed by atoms with Crippen molar-refractivity contribution in [3.8, 4) is 5.75 Å². The Kier molecular flexibility index (Phi) is 3.39. The average molecular weight is 210 g/mol. The predicted molar refractivity (Wildman–Crippen MR) is 68.4 cm³/mol. The molecule has 16 heavy (non-hydrogen) atoms. The number of benzene rings is 2. The first-order chi connectivity index (χ1) is 7.88. The lowest BCUT2D eigenvalue weighted by Gasteiger charge is -1.99. The molecule has 0 atom stereocenters. The van der Waals surface area contributed by atoms with Crippen LogP contribution in [0.15, 0.2) is 54.6 Å². The lowest BCUT2D eigenvalue weighted by Crippen LogP contribution is -1.81. The van der Waals surface area contributed by atoms with E-state index in [4.69, 9.17) is 4.74 Å². The Morgan fingerprint density at radius 3 is 1.88 bits per heavy atom. The molecule has 2 aromatic rings. The van der Waals surface area contributed by atoms with Crippen molar-refractivity contribution in [1.29, 1.82) is 0 Å². The first-order valence-electron chi connectivity index (χ1n) is 5.26. The highest BCUT2D eigenvalue weighted by Gasteiger charge is 1.90. The van der Waals surface area contributed by atoms with Crippen molar-refractivity contribution in [2.45, 2.75) is 0 Å². The summed E-state index contributed by atoms with van der Waals surface area (Å²) >= 11 is 0. The topological polar surface area (TPSA) is 9.23 Å². The summed E-state index contributed by atoms with van der Waals surface area (Å²) in [5.41, 5.74) is 2.38. The summed E-state index contributed by atoms with van der Waals surface area (Å²) in [6.07, 6.45) is 4.19. The van der Waals surface area contributed by atoms with E-state index < -0.39 is 0 Å². The molecule has 0 aliphatic heterocycles. The largest absolute Gasteiger partial charge is 0.497 e. The van der Waals surface area contributed by atoms with Gasteiger partial charge in [-0.25, -0.2) is 0 Å². The van der Waals surface area contributed by atoms with Gasteiger partial charge in [0.05, 0.1) is 7.11 Å². The average Bonchev–Trinajstić information content (AvgIpc) is 2.38. The molecule has 1 heteroatoms. The van der Waals surface area contributed by atoms with Crippen LogP contribution in [0.5, 0.6) is 5.75 Å². The van der Waals surface area contributed by atoms with Crippen molar-refractivity contribution < 1.29 is 4.74 Å². The fourth-order valence-corrected chi connectivity index (χ4v) is 1.47. The minimum atomic E-state index is 0.886. The monoisotopic (exact) mass is 210 g/mol. The molecule has 0 aliphatic carbocycles. The molecule has 0 heterocycles. The Balaban J connectivity index is 2.12. The molecule has 0 fully saturated rings. The molecule has 0 saturated heterocycles. The molecule has 0 radical (unpaired) electrons. The molecule has 0 aliphatic rings. The van der Waals surface area contributed by atoms with Gasteiger partial charge in [0, 0.05) is 0 Å². The van der Waals surface area contributed by atoms with E-state index in [0.29, 0.717) is 0 Å². The smallest absolute Gasteiger partial charge is 0.118 e. The van der Waals surface area contributed by atoms with Gasteiger partial charge in [0.25, 0.3) is 0 Å². The van der Waals surface area contributed by atoms with Crippen LogP contribution in [0.3, 0.4) is 0 Å². The number of rotatable bonds is 3. The van der Waals surface area contributed by atoms with Crippen molar-refractivity contribution in [1.82, 2.24) is 0 Å². The Morgan fingerprint density at radius 1 is 0.750 bits per heavy atom. The molecule has 0 amide bonds. The second kappa shape index (κ2) is 5.17. The minimum Gasteiger partial charge on any atom is -0.497 e. The number of methoxy groups -OCH3 is 1. The third-order valence-electron chi connectivity index (χ3n) is 2.38. The quantitative estimate of drug-likeness (QED) is 0.699. The van der Waals surface area contributed by atoms with E-state index in [2.05, 4.69) is 24.3 Å². The van der Waals surface area contributed by atoms with E-state index in [1.54, 1.807) is 7.11 Å². The molecule has 0 aromatic heterocycles. The summed E-state index contributed by atoms with van der Waals surface area (Å²) in [5, 5.41) is 0. The molecule has 2 aromatic carbocycles. The maximum atomic E-state index is 5.11. The Labute approximate surface area is 96.0 Å². The molecule has 2 rings (SSSR count). The van der Waals surface area contributed by atoms with E-state index in [-0.39, 0.29) is 0 Å². The molecule has 0 N–H and O–H groups in total. The van der Waals surface area contributed by atoms with Crippen LogP contribution >= 0.6 is 0 Å². The lowest BCUT2D eigenvalue weighted by atomic mass is 10.1. The molecule has 1 nitrogen and oxygen atoms in total. The summed E-state index contributed by atoms with van der Waals surface area (Å²) in [5.74, 6) is 0.886. The summed E-state index contributed by atoms with van der Waals surface area (Å²) < 4.78 is 5.11. The van der Waals surface area contributed by atoms with E-state index in [9.17, 15) is 0 Å². The fraction of sp³-hybridized carbons (Fsp3) is 0.0667. The van der Waals surface area contributed by atoms with Gasteiger partial charge < -0.3 is 4.74 Å². The van der Waals surface area contributed by atoms with E-state index in [1.807, 2.05) is 42.5 Å². The fourth-order valence-electron chi connectivity index (χ4n) is 1.47. The summed E-state index contributed by atoms with van der Waals surface area (Å²) in [6, 6.07) is 18.3. The van der Waals surface area contributed by atoms with Crippen LogP contribution in [0.4, 0.5) is 0 Å². The van der Waals surface area contributed by atoms with Crippen LogP contribution in [0.1, 0.15) is 11.1 Å². The van der Waals surface area contributed by atoms with Crippen molar-refractivity contribution in [3.63, 3.8) is 0 Å². The van der Waals surface area contributed by atoms with Gasteiger partial charge in [-0.2, -0.15) is 0 Å². The van der Waals surface area contributed by atoms with E-state index >= 15 is 0 Å². The van der Waals surface area contributed by atoms with Crippen molar-refractivity contribution in [2.24, 2.45) is 0 Å². The standard InChI is InChI=1S/C15H14O/c1-16-15-11-9-14(10-12-15)8-7-13-5-3-2-4-6-13/h2-12H,1H3/b8-7-. The Bertz CT molecular complexity index is 455. The second-order valence-corrected chi connectivity index (χ2v) is 3.52. The molecule has 0 unspecified atom stereocenters. The summed E-state index contributed by atoms with van der Waals surface area (Å²) in [4.78, 5) is 0. The zero-order valence-electron chi connectivity index (χ0n) is 9.26. The van der Waals surface area contributed by atoms with Gasteiger partial charge in [-0.05, 0) is 23.3 Å². The third kappa shape index (κ3) is 2.74. The molecule has 0 spiro atoms. The maximum absolute atomic E-state index is 5.11. The molecule has 0 saturated carbocycles.